The Kier molecular flexibility index (Phi) is 5.17. The van der Waals surface area contributed by atoms with Crippen LogP contribution in [-0.4, -0.2) is 38.7 Å². The second kappa shape index (κ2) is 6.95. The van der Waals surface area contributed by atoms with Crippen LogP contribution in [0.2, 0.25) is 0 Å². The van der Waals surface area contributed by atoms with Crippen molar-refractivity contribution in [1.82, 2.24) is 20.3 Å². The highest BCUT2D eigenvalue weighted by Gasteiger charge is 2.42. The zero-order valence-corrected chi connectivity index (χ0v) is 12.5. The maximum Gasteiger partial charge on any atom is 0.435 e. The van der Waals surface area contributed by atoms with Gasteiger partial charge < -0.3 is 10.4 Å². The molecule has 0 bridgehead atoms. The molecular formula is C14H14F4N4O2. The summed E-state index contributed by atoms with van der Waals surface area (Å²) in [6.45, 7) is 1.22. The Morgan fingerprint density at radius 2 is 2.12 bits per heavy atom. The second-order valence-electron chi connectivity index (χ2n) is 4.94. The van der Waals surface area contributed by atoms with Crippen LogP contribution in [0.1, 0.15) is 29.5 Å². The molecule has 0 fully saturated rings. The van der Waals surface area contributed by atoms with Crippen LogP contribution in [0.15, 0.2) is 24.3 Å². The third-order valence-electron chi connectivity index (χ3n) is 3.26. The van der Waals surface area contributed by atoms with Gasteiger partial charge >= 0.3 is 6.18 Å². The third kappa shape index (κ3) is 3.70. The molecule has 1 unspecified atom stereocenters. The van der Waals surface area contributed by atoms with E-state index in [4.69, 9.17) is 5.11 Å². The number of aliphatic hydroxyl groups is 1. The zero-order valence-electron chi connectivity index (χ0n) is 12.5. The van der Waals surface area contributed by atoms with Crippen LogP contribution in [0.5, 0.6) is 0 Å². The molecule has 1 aromatic carbocycles. The van der Waals surface area contributed by atoms with Crippen molar-refractivity contribution in [2.75, 3.05) is 6.61 Å². The number of nitrogens with zero attached hydrogens (tertiary/aromatic N) is 3. The predicted molar refractivity (Wildman–Crippen MR) is 75.0 cm³/mol. The first kappa shape index (κ1) is 17.9. The van der Waals surface area contributed by atoms with Gasteiger partial charge in [-0.3, -0.25) is 4.79 Å². The molecule has 1 heterocycles. The minimum Gasteiger partial charge on any atom is -0.394 e. The Bertz CT molecular complexity index is 726. The molecular weight excluding hydrogens is 332 g/mol. The number of aliphatic hydroxyl groups excluding tert-OH is 1. The predicted octanol–water partition coefficient (Wildman–Crippen LogP) is 1.93. The number of aromatic nitrogens is 3. The maximum atomic E-state index is 13.4. The lowest BCUT2D eigenvalue weighted by Crippen LogP contribution is -2.38. The Labute approximate surface area is 134 Å². The molecule has 1 atom stereocenters. The quantitative estimate of drug-likeness (QED) is 0.811. The lowest BCUT2D eigenvalue weighted by molar-refractivity contribution is -0.143. The van der Waals surface area contributed by atoms with E-state index >= 15 is 0 Å². The summed E-state index contributed by atoms with van der Waals surface area (Å²) >= 11 is 0. The first-order valence-corrected chi connectivity index (χ1v) is 6.98. The molecule has 0 aliphatic heterocycles. The minimum absolute atomic E-state index is 0.219. The van der Waals surface area contributed by atoms with E-state index in [1.165, 1.54) is 12.1 Å². The third-order valence-corrected chi connectivity index (χ3v) is 3.26. The second-order valence-corrected chi connectivity index (χ2v) is 4.94. The van der Waals surface area contributed by atoms with Crippen LogP contribution in [0.4, 0.5) is 17.6 Å². The van der Waals surface area contributed by atoms with Gasteiger partial charge in [-0.05, 0) is 24.6 Å². The first-order valence-electron chi connectivity index (χ1n) is 6.98. The Balaban J connectivity index is 2.49. The zero-order chi connectivity index (χ0) is 17.9. The molecule has 1 amide bonds. The topological polar surface area (TPSA) is 80.0 Å². The summed E-state index contributed by atoms with van der Waals surface area (Å²) in [5.74, 6) is -1.88. The largest absolute Gasteiger partial charge is 0.435 e. The molecule has 10 heteroatoms. The number of hydrogen-bond acceptors (Lipinski definition) is 4. The van der Waals surface area contributed by atoms with Crippen molar-refractivity contribution in [3.63, 3.8) is 0 Å². The summed E-state index contributed by atoms with van der Waals surface area (Å²) < 4.78 is 53.7. The number of amides is 1. The standard InChI is InChI=1S/C14H14F4N4O2/c1-2-9(7-23)19-13(24)11-12(14(16,17)18)22(21-20-11)10-5-3-4-8(15)6-10/h3-6,9,23H,2,7H2,1H3,(H,19,24). The van der Waals surface area contributed by atoms with Gasteiger partial charge in [-0.1, -0.05) is 18.2 Å². The number of nitrogens with one attached hydrogen (secondary N) is 1. The minimum atomic E-state index is -4.94. The number of benzene rings is 1. The highest BCUT2D eigenvalue weighted by atomic mass is 19.4. The number of carbonyl (C=O) groups is 1. The summed E-state index contributed by atoms with van der Waals surface area (Å²) in [5.41, 5.74) is -2.58. The van der Waals surface area contributed by atoms with Crippen LogP contribution in [0, 0.1) is 5.82 Å². The van der Waals surface area contributed by atoms with Gasteiger partial charge in [-0.25, -0.2) is 9.07 Å². The van der Waals surface area contributed by atoms with Crippen LogP contribution in [0.25, 0.3) is 5.69 Å². The fourth-order valence-electron chi connectivity index (χ4n) is 2.01. The normalized spacial score (nSPS) is 12.9. The lowest BCUT2D eigenvalue weighted by atomic mass is 10.2. The molecule has 0 saturated heterocycles. The van der Waals surface area contributed by atoms with E-state index < -0.39 is 41.9 Å². The fraction of sp³-hybridized carbons (Fsp3) is 0.357. The molecule has 24 heavy (non-hydrogen) atoms. The highest BCUT2D eigenvalue weighted by Crippen LogP contribution is 2.32. The van der Waals surface area contributed by atoms with Crippen LogP contribution in [-0.2, 0) is 6.18 Å². The molecule has 0 radical (unpaired) electrons. The van der Waals surface area contributed by atoms with Crippen molar-refractivity contribution in [3.8, 4) is 5.69 Å². The number of hydrogen-bond donors (Lipinski definition) is 2. The Hall–Kier alpha value is -2.49. The van der Waals surface area contributed by atoms with Gasteiger partial charge in [0.05, 0.1) is 18.3 Å². The van der Waals surface area contributed by atoms with E-state index in [2.05, 4.69) is 15.6 Å². The average Bonchev–Trinajstić information content (AvgIpc) is 2.97. The van der Waals surface area contributed by atoms with E-state index in [-0.39, 0.29) is 5.69 Å². The molecule has 6 nitrogen and oxygen atoms in total. The smallest absolute Gasteiger partial charge is 0.394 e. The van der Waals surface area contributed by atoms with Crippen molar-refractivity contribution in [3.05, 3.63) is 41.5 Å². The molecule has 130 valence electrons. The van der Waals surface area contributed by atoms with Gasteiger partial charge in [0, 0.05) is 0 Å². The van der Waals surface area contributed by atoms with Crippen molar-refractivity contribution in [2.45, 2.75) is 25.6 Å². The Morgan fingerprint density at radius 3 is 2.67 bits per heavy atom. The monoisotopic (exact) mass is 346 g/mol. The molecule has 0 spiro atoms. The van der Waals surface area contributed by atoms with Gasteiger partial charge in [-0.2, -0.15) is 13.2 Å². The van der Waals surface area contributed by atoms with Gasteiger partial charge in [0.15, 0.2) is 11.4 Å². The first-order chi connectivity index (χ1) is 11.3. The van der Waals surface area contributed by atoms with Crippen LogP contribution < -0.4 is 5.32 Å². The molecule has 1 aromatic heterocycles. The van der Waals surface area contributed by atoms with E-state index in [1.54, 1.807) is 6.92 Å². The maximum absolute atomic E-state index is 13.4. The van der Waals surface area contributed by atoms with Gasteiger partial charge in [0.25, 0.3) is 5.91 Å². The summed E-state index contributed by atoms with van der Waals surface area (Å²) in [7, 11) is 0. The molecule has 0 saturated carbocycles. The van der Waals surface area contributed by atoms with Crippen LogP contribution >= 0.6 is 0 Å². The number of halogens is 4. The van der Waals surface area contributed by atoms with Crippen molar-refractivity contribution in [2.24, 2.45) is 0 Å². The van der Waals surface area contributed by atoms with E-state index in [0.717, 1.165) is 12.1 Å². The van der Waals surface area contributed by atoms with E-state index in [9.17, 15) is 22.4 Å². The molecule has 2 aromatic rings. The van der Waals surface area contributed by atoms with Crippen molar-refractivity contribution >= 4 is 5.91 Å². The van der Waals surface area contributed by atoms with E-state index in [0.29, 0.717) is 11.1 Å². The number of carbonyl (C=O) groups excluding carboxylic acids is 1. The molecule has 0 aliphatic rings. The molecule has 0 aliphatic carbocycles. The SMILES string of the molecule is CCC(CO)NC(=O)c1nnn(-c2cccc(F)c2)c1C(F)(F)F. The lowest BCUT2D eigenvalue weighted by Gasteiger charge is -2.14. The number of rotatable bonds is 5. The molecule has 2 N–H and O–H groups in total. The van der Waals surface area contributed by atoms with Crippen molar-refractivity contribution in [1.29, 1.82) is 0 Å². The van der Waals surface area contributed by atoms with E-state index in [1.807, 2.05) is 0 Å². The molecule has 2 rings (SSSR count). The average molecular weight is 346 g/mol. The van der Waals surface area contributed by atoms with Crippen LogP contribution in [0.3, 0.4) is 0 Å². The van der Waals surface area contributed by atoms with Crippen molar-refractivity contribution < 1.29 is 27.5 Å². The van der Waals surface area contributed by atoms with Gasteiger partial charge in [0.1, 0.15) is 5.82 Å². The summed E-state index contributed by atoms with van der Waals surface area (Å²) in [6, 6.07) is 3.61. The highest BCUT2D eigenvalue weighted by molar-refractivity contribution is 5.93. The summed E-state index contributed by atoms with van der Waals surface area (Å²) in [4.78, 5) is 12.0. The number of alkyl halides is 3. The Morgan fingerprint density at radius 1 is 1.42 bits per heavy atom. The fourth-order valence-corrected chi connectivity index (χ4v) is 2.01. The summed E-state index contributed by atoms with van der Waals surface area (Å²) in [6.07, 6.45) is -4.62. The van der Waals surface area contributed by atoms with Gasteiger partial charge in [-0.15, -0.1) is 5.10 Å². The summed E-state index contributed by atoms with van der Waals surface area (Å²) in [5, 5.41) is 17.9. The van der Waals surface area contributed by atoms with Gasteiger partial charge in [0.2, 0.25) is 0 Å².